The number of hydrogen-bond acceptors (Lipinski definition) is 3. The van der Waals surface area contributed by atoms with Crippen molar-refractivity contribution in [1.82, 2.24) is 4.98 Å². The molecule has 0 saturated carbocycles. The van der Waals surface area contributed by atoms with Gasteiger partial charge in [0.15, 0.2) is 0 Å². The third kappa shape index (κ3) is 2.50. The molecule has 1 aromatic carbocycles. The summed E-state index contributed by atoms with van der Waals surface area (Å²) in [7, 11) is 0. The van der Waals surface area contributed by atoms with E-state index in [1.807, 2.05) is 30.5 Å². The molecule has 1 aliphatic heterocycles. The Morgan fingerprint density at radius 2 is 2.25 bits per heavy atom. The molecule has 0 amide bonds. The highest BCUT2D eigenvalue weighted by Crippen LogP contribution is 2.30. The van der Waals surface area contributed by atoms with E-state index in [1.54, 1.807) is 6.92 Å². The summed E-state index contributed by atoms with van der Waals surface area (Å²) in [6, 6.07) is 7.81. The number of anilines is 1. The summed E-state index contributed by atoms with van der Waals surface area (Å²) in [5.74, 6) is 0.440. The predicted octanol–water partition coefficient (Wildman–Crippen LogP) is 3.69. The van der Waals surface area contributed by atoms with Gasteiger partial charge in [-0.3, -0.25) is 9.78 Å². The normalized spacial score (nSPS) is 19.3. The smallest absolute Gasteiger partial charge is 0.134 e. The summed E-state index contributed by atoms with van der Waals surface area (Å²) in [6.07, 6.45) is 3.87. The number of hydrogen-bond donors (Lipinski definition) is 0. The van der Waals surface area contributed by atoms with Crippen LogP contribution in [0.5, 0.6) is 0 Å². The van der Waals surface area contributed by atoms with Crippen LogP contribution in [-0.2, 0) is 4.79 Å². The van der Waals surface area contributed by atoms with Gasteiger partial charge < -0.3 is 4.90 Å². The Morgan fingerprint density at radius 1 is 1.40 bits per heavy atom. The molecule has 2 heterocycles. The first-order valence-corrected chi connectivity index (χ1v) is 7.32. The van der Waals surface area contributed by atoms with Crippen LogP contribution in [0, 0.1) is 5.92 Å². The molecular weight excluding hydrogens is 272 g/mol. The number of ketones is 1. The van der Waals surface area contributed by atoms with Gasteiger partial charge in [-0.15, -0.1) is 0 Å². The summed E-state index contributed by atoms with van der Waals surface area (Å²) in [5.41, 5.74) is 2.05. The van der Waals surface area contributed by atoms with Crippen LogP contribution in [0.4, 0.5) is 5.69 Å². The lowest BCUT2D eigenvalue weighted by Crippen LogP contribution is -2.38. The van der Waals surface area contributed by atoms with Crippen molar-refractivity contribution in [2.24, 2.45) is 5.92 Å². The van der Waals surface area contributed by atoms with Gasteiger partial charge in [0.1, 0.15) is 5.78 Å². The number of Topliss-reactive ketones (excluding diaryl/α,β-unsaturated/α-hetero) is 1. The first kappa shape index (κ1) is 13.4. The number of piperidine rings is 1. The molecule has 3 nitrogen and oxygen atoms in total. The predicted molar refractivity (Wildman–Crippen MR) is 82.4 cm³/mol. The number of nitrogens with zero attached hydrogens (tertiary/aromatic N) is 2. The SMILES string of the molecule is CC(=O)C1CCCN(c2ccnc3cc(Cl)ccc23)C1. The highest BCUT2D eigenvalue weighted by Gasteiger charge is 2.24. The fraction of sp³-hybridized carbons (Fsp3) is 0.375. The molecule has 3 rings (SSSR count). The van der Waals surface area contributed by atoms with Crippen molar-refractivity contribution < 1.29 is 4.79 Å². The van der Waals surface area contributed by atoms with Gasteiger partial charge in [0.05, 0.1) is 5.52 Å². The van der Waals surface area contributed by atoms with Crippen molar-refractivity contribution in [2.75, 3.05) is 18.0 Å². The number of pyridine rings is 1. The second kappa shape index (κ2) is 5.41. The maximum absolute atomic E-state index is 11.6. The maximum Gasteiger partial charge on any atom is 0.134 e. The molecule has 0 aliphatic carbocycles. The van der Waals surface area contributed by atoms with E-state index in [0.717, 1.165) is 42.5 Å². The second-order valence-electron chi connectivity index (χ2n) is 5.39. The summed E-state index contributed by atoms with van der Waals surface area (Å²) in [5, 5.41) is 1.79. The van der Waals surface area contributed by atoms with Crippen molar-refractivity contribution >= 4 is 34.0 Å². The largest absolute Gasteiger partial charge is 0.370 e. The summed E-state index contributed by atoms with van der Waals surface area (Å²) >= 11 is 6.02. The van der Waals surface area contributed by atoms with Crippen LogP contribution in [0.2, 0.25) is 5.02 Å². The lowest BCUT2D eigenvalue weighted by atomic mass is 9.94. The van der Waals surface area contributed by atoms with E-state index in [-0.39, 0.29) is 11.7 Å². The molecule has 20 heavy (non-hydrogen) atoms. The molecule has 1 atom stereocenters. The monoisotopic (exact) mass is 288 g/mol. The molecule has 0 bridgehead atoms. The van der Waals surface area contributed by atoms with Crippen molar-refractivity contribution in [2.45, 2.75) is 19.8 Å². The number of carbonyl (C=O) groups excluding carboxylic acids is 1. The number of benzene rings is 1. The van der Waals surface area contributed by atoms with E-state index < -0.39 is 0 Å². The lowest BCUT2D eigenvalue weighted by Gasteiger charge is -2.34. The van der Waals surface area contributed by atoms with E-state index in [1.165, 1.54) is 0 Å². The molecule has 0 radical (unpaired) electrons. The van der Waals surface area contributed by atoms with Crippen LogP contribution in [0.25, 0.3) is 10.9 Å². The summed E-state index contributed by atoms with van der Waals surface area (Å²) in [4.78, 5) is 18.3. The van der Waals surface area contributed by atoms with E-state index in [4.69, 9.17) is 11.6 Å². The van der Waals surface area contributed by atoms with Crippen molar-refractivity contribution in [3.8, 4) is 0 Å². The Labute approximate surface area is 123 Å². The van der Waals surface area contributed by atoms with Gasteiger partial charge in [0.2, 0.25) is 0 Å². The Hall–Kier alpha value is -1.61. The Kier molecular flexibility index (Phi) is 3.62. The van der Waals surface area contributed by atoms with Crippen LogP contribution in [0.1, 0.15) is 19.8 Å². The highest BCUT2D eigenvalue weighted by atomic mass is 35.5. The molecule has 1 aromatic heterocycles. The van der Waals surface area contributed by atoms with Crippen LogP contribution >= 0.6 is 11.6 Å². The third-order valence-corrected chi connectivity index (χ3v) is 4.25. The molecule has 0 spiro atoms. The minimum absolute atomic E-state index is 0.152. The molecule has 1 fully saturated rings. The molecule has 2 aromatic rings. The standard InChI is InChI=1S/C16H17ClN2O/c1-11(20)12-3-2-8-19(10-12)16-6-7-18-15-9-13(17)4-5-14(15)16/h4-7,9,12H,2-3,8,10H2,1H3. The zero-order valence-electron chi connectivity index (χ0n) is 11.5. The molecular formula is C16H17ClN2O. The van der Waals surface area contributed by atoms with Crippen molar-refractivity contribution in [1.29, 1.82) is 0 Å². The molecule has 4 heteroatoms. The highest BCUT2D eigenvalue weighted by molar-refractivity contribution is 6.31. The topological polar surface area (TPSA) is 33.2 Å². The van der Waals surface area contributed by atoms with E-state index in [0.29, 0.717) is 5.02 Å². The fourth-order valence-electron chi connectivity index (χ4n) is 2.91. The Morgan fingerprint density at radius 3 is 3.05 bits per heavy atom. The molecule has 1 saturated heterocycles. The van der Waals surface area contributed by atoms with E-state index >= 15 is 0 Å². The first-order valence-electron chi connectivity index (χ1n) is 6.95. The van der Waals surface area contributed by atoms with Crippen LogP contribution in [-0.4, -0.2) is 23.9 Å². The number of aromatic nitrogens is 1. The summed E-state index contributed by atoms with van der Waals surface area (Å²) in [6.45, 7) is 3.49. The van der Waals surface area contributed by atoms with Crippen molar-refractivity contribution in [3.63, 3.8) is 0 Å². The minimum Gasteiger partial charge on any atom is -0.370 e. The Bertz CT molecular complexity index is 656. The number of carbonyl (C=O) groups is 1. The zero-order valence-corrected chi connectivity index (χ0v) is 12.2. The molecule has 104 valence electrons. The van der Waals surface area contributed by atoms with Crippen molar-refractivity contribution in [3.05, 3.63) is 35.5 Å². The van der Waals surface area contributed by atoms with Gasteiger partial charge in [-0.1, -0.05) is 11.6 Å². The number of halogens is 1. The third-order valence-electron chi connectivity index (χ3n) is 4.02. The van der Waals surface area contributed by atoms with Gasteiger partial charge >= 0.3 is 0 Å². The number of rotatable bonds is 2. The van der Waals surface area contributed by atoms with Crippen LogP contribution < -0.4 is 4.90 Å². The average Bonchev–Trinajstić information content (AvgIpc) is 2.46. The summed E-state index contributed by atoms with van der Waals surface area (Å²) < 4.78 is 0. The van der Waals surface area contributed by atoms with E-state index in [2.05, 4.69) is 9.88 Å². The van der Waals surface area contributed by atoms with Gasteiger partial charge in [0, 0.05) is 41.3 Å². The fourth-order valence-corrected chi connectivity index (χ4v) is 3.08. The second-order valence-corrected chi connectivity index (χ2v) is 5.82. The Balaban J connectivity index is 1.99. The minimum atomic E-state index is 0.152. The maximum atomic E-state index is 11.6. The van der Waals surface area contributed by atoms with Gasteiger partial charge in [-0.25, -0.2) is 0 Å². The van der Waals surface area contributed by atoms with Crippen LogP contribution in [0.15, 0.2) is 30.5 Å². The molecule has 0 N–H and O–H groups in total. The first-order chi connectivity index (χ1) is 9.65. The van der Waals surface area contributed by atoms with Gasteiger partial charge in [0.25, 0.3) is 0 Å². The zero-order chi connectivity index (χ0) is 14.1. The quantitative estimate of drug-likeness (QED) is 0.845. The molecule has 1 aliphatic rings. The number of fused-ring (bicyclic) bond motifs is 1. The van der Waals surface area contributed by atoms with Gasteiger partial charge in [-0.05, 0) is 44.0 Å². The van der Waals surface area contributed by atoms with Gasteiger partial charge in [-0.2, -0.15) is 0 Å². The average molecular weight is 289 g/mol. The molecule has 1 unspecified atom stereocenters. The van der Waals surface area contributed by atoms with E-state index in [9.17, 15) is 4.79 Å². The van der Waals surface area contributed by atoms with Crippen LogP contribution in [0.3, 0.4) is 0 Å². The lowest BCUT2D eigenvalue weighted by molar-refractivity contribution is -0.120.